The Morgan fingerprint density at radius 1 is 1.32 bits per heavy atom. The van der Waals surface area contributed by atoms with Crippen molar-refractivity contribution in [3.63, 3.8) is 0 Å². The Labute approximate surface area is 229 Å². The molecule has 0 spiro atoms. The van der Waals surface area contributed by atoms with Crippen LogP contribution in [0.3, 0.4) is 0 Å². The van der Waals surface area contributed by atoms with E-state index in [-0.39, 0.29) is 11.4 Å². The van der Waals surface area contributed by atoms with Gasteiger partial charge >= 0.3 is 0 Å². The van der Waals surface area contributed by atoms with Gasteiger partial charge in [-0.15, -0.1) is 0 Å². The summed E-state index contributed by atoms with van der Waals surface area (Å²) in [6.07, 6.45) is 5.62. The molecule has 37 heavy (non-hydrogen) atoms. The summed E-state index contributed by atoms with van der Waals surface area (Å²) < 4.78 is 0. The summed E-state index contributed by atoms with van der Waals surface area (Å²) in [4.78, 5) is 24.6. The molecule has 0 saturated carbocycles. The third-order valence-electron chi connectivity index (χ3n) is 8.08. The zero-order valence-corrected chi connectivity index (χ0v) is 23.8. The molecule has 2 aromatic rings. The number of likely N-dealkylation sites (tertiary alicyclic amines) is 2. The minimum absolute atomic E-state index is 0.0628. The van der Waals surface area contributed by atoms with Crippen molar-refractivity contribution in [3.05, 3.63) is 62.3 Å². The van der Waals surface area contributed by atoms with Crippen molar-refractivity contribution >= 4 is 28.8 Å². The van der Waals surface area contributed by atoms with Crippen LogP contribution in [0.1, 0.15) is 59.8 Å². The maximum Gasteiger partial charge on any atom is 0.255 e. The summed E-state index contributed by atoms with van der Waals surface area (Å²) in [5.41, 5.74) is 3.62. The van der Waals surface area contributed by atoms with Crippen molar-refractivity contribution in [1.82, 2.24) is 25.0 Å². The average Bonchev–Trinajstić information content (AvgIpc) is 3.39. The molecule has 0 atom stereocenters. The molecule has 1 N–H and O–H groups in total. The molecule has 4 rings (SSSR count). The van der Waals surface area contributed by atoms with Crippen LogP contribution in [0.25, 0.3) is 0 Å². The van der Waals surface area contributed by atoms with E-state index < -0.39 is 0 Å². The summed E-state index contributed by atoms with van der Waals surface area (Å²) in [5.74, 6) is 0.945. The highest BCUT2D eigenvalue weighted by molar-refractivity contribution is 7.07. The van der Waals surface area contributed by atoms with Crippen molar-refractivity contribution < 1.29 is 4.79 Å². The van der Waals surface area contributed by atoms with Crippen LogP contribution in [0.2, 0.25) is 5.15 Å². The van der Waals surface area contributed by atoms with Crippen LogP contribution in [0.15, 0.2) is 34.8 Å². The minimum atomic E-state index is 0.0628. The molecule has 198 valence electrons. The largest absolute Gasteiger partial charge is 0.374 e. The van der Waals surface area contributed by atoms with Gasteiger partial charge in [0.25, 0.3) is 5.91 Å². The predicted octanol–water partition coefficient (Wildman–Crippen LogP) is 4.96. The molecule has 2 aliphatic heterocycles. The maximum atomic E-state index is 13.3. The second-order valence-corrected chi connectivity index (χ2v) is 11.6. The normalized spacial score (nSPS) is 18.9. The van der Waals surface area contributed by atoms with Crippen LogP contribution < -0.4 is 5.32 Å². The van der Waals surface area contributed by atoms with E-state index in [0.717, 1.165) is 69.8 Å². The van der Waals surface area contributed by atoms with Crippen LogP contribution in [0.4, 0.5) is 0 Å². The molecule has 0 aromatic carbocycles. The number of carbonyl (C=O) groups is 1. The van der Waals surface area contributed by atoms with Crippen molar-refractivity contribution in [2.24, 2.45) is 0 Å². The second kappa shape index (κ2) is 11.8. The third-order valence-corrected chi connectivity index (χ3v) is 9.00. The Morgan fingerprint density at radius 2 is 2.03 bits per heavy atom. The van der Waals surface area contributed by atoms with Gasteiger partial charge in [-0.1, -0.05) is 11.6 Å². The zero-order chi connectivity index (χ0) is 26.6. The van der Waals surface area contributed by atoms with Crippen molar-refractivity contribution in [1.29, 1.82) is 5.26 Å². The second-order valence-electron chi connectivity index (χ2n) is 10.4. The van der Waals surface area contributed by atoms with Gasteiger partial charge in [-0.3, -0.25) is 9.69 Å². The zero-order valence-electron chi connectivity index (χ0n) is 22.3. The monoisotopic (exact) mass is 540 g/mol. The first-order valence-electron chi connectivity index (χ1n) is 13.0. The lowest BCUT2D eigenvalue weighted by Crippen LogP contribution is -2.58. The van der Waals surface area contributed by atoms with Crippen molar-refractivity contribution in [2.75, 3.05) is 33.2 Å². The number of thiophene rings is 1. The number of rotatable bonds is 7. The SMILES string of the molecule is CNC(=CC#N)N(Cc1ccsc1)C1CCN(C2(C)CCN(C(=O)c3c(C)cc(Cl)nc3C)CC2)CC1. The lowest BCUT2D eigenvalue weighted by Gasteiger charge is -2.50. The molecule has 9 heteroatoms. The Kier molecular flexibility index (Phi) is 8.79. The van der Waals surface area contributed by atoms with E-state index in [1.807, 2.05) is 25.8 Å². The standard InChI is InChI=1S/C28H37ClN6OS/c1-20-17-24(29)32-21(2)26(20)27(36)33-14-9-28(3,10-15-33)34-12-6-23(7-13-34)35(25(31-4)5-11-30)18-22-8-16-37-19-22/h5,8,16-17,19,23,31H,6-7,9-10,12-15,18H2,1-4H3. The van der Waals surface area contributed by atoms with Crippen molar-refractivity contribution in [2.45, 2.75) is 64.6 Å². The number of pyridine rings is 1. The molecule has 4 heterocycles. The van der Waals surface area contributed by atoms with Gasteiger partial charge in [-0.25, -0.2) is 4.98 Å². The summed E-state index contributed by atoms with van der Waals surface area (Å²) in [5, 5.41) is 17.3. The van der Waals surface area contributed by atoms with Gasteiger partial charge in [-0.2, -0.15) is 16.6 Å². The van der Waals surface area contributed by atoms with Gasteiger partial charge < -0.3 is 15.1 Å². The smallest absolute Gasteiger partial charge is 0.255 e. The Balaban J connectivity index is 1.38. The Hall–Kier alpha value is -2.60. The molecule has 2 saturated heterocycles. The molecule has 0 unspecified atom stereocenters. The number of aryl methyl sites for hydroxylation is 2. The van der Waals surface area contributed by atoms with Gasteiger partial charge in [0.15, 0.2) is 0 Å². The molecule has 0 radical (unpaired) electrons. The van der Waals surface area contributed by atoms with Crippen molar-refractivity contribution in [3.8, 4) is 6.07 Å². The van der Waals surface area contributed by atoms with E-state index in [4.69, 9.17) is 11.6 Å². The highest BCUT2D eigenvalue weighted by atomic mass is 35.5. The first kappa shape index (κ1) is 27.4. The lowest BCUT2D eigenvalue weighted by atomic mass is 9.85. The first-order chi connectivity index (χ1) is 17.8. The van der Waals surface area contributed by atoms with E-state index in [2.05, 4.69) is 49.9 Å². The van der Waals surface area contributed by atoms with E-state index in [1.165, 1.54) is 5.56 Å². The number of allylic oxidation sites excluding steroid dienone is 1. The van der Waals surface area contributed by atoms with E-state index >= 15 is 0 Å². The summed E-state index contributed by atoms with van der Waals surface area (Å²) in [7, 11) is 1.89. The highest BCUT2D eigenvalue weighted by Gasteiger charge is 2.40. The summed E-state index contributed by atoms with van der Waals surface area (Å²) in [6.45, 7) is 10.5. The molecular formula is C28H37ClN6OS. The number of nitrogens with one attached hydrogen (secondary N) is 1. The van der Waals surface area contributed by atoms with Crippen LogP contribution in [-0.4, -0.2) is 70.4 Å². The molecular weight excluding hydrogens is 504 g/mol. The fraction of sp³-hybridized carbons (Fsp3) is 0.536. The number of piperidine rings is 2. The van der Waals surface area contributed by atoms with E-state index in [9.17, 15) is 10.1 Å². The van der Waals surface area contributed by atoms with Gasteiger partial charge in [0.05, 0.1) is 23.4 Å². The fourth-order valence-electron chi connectivity index (χ4n) is 5.84. The molecule has 0 aliphatic carbocycles. The number of nitriles is 1. The van der Waals surface area contributed by atoms with Gasteiger partial charge in [0.2, 0.25) is 0 Å². The van der Waals surface area contributed by atoms with E-state index in [1.54, 1.807) is 23.5 Å². The Morgan fingerprint density at radius 3 is 2.59 bits per heavy atom. The predicted molar refractivity (Wildman–Crippen MR) is 149 cm³/mol. The van der Waals surface area contributed by atoms with Gasteiger partial charge in [0, 0.05) is 51.4 Å². The first-order valence-corrected chi connectivity index (χ1v) is 14.3. The number of hydrogen-bond donors (Lipinski definition) is 1. The average molecular weight is 541 g/mol. The number of nitrogens with zero attached hydrogens (tertiary/aromatic N) is 5. The summed E-state index contributed by atoms with van der Waals surface area (Å²) >= 11 is 7.78. The third kappa shape index (κ3) is 6.11. The van der Waals surface area contributed by atoms with E-state index in [0.29, 0.717) is 22.5 Å². The molecule has 0 bridgehead atoms. The minimum Gasteiger partial charge on any atom is -0.374 e. The van der Waals surface area contributed by atoms with Crippen LogP contribution >= 0.6 is 22.9 Å². The molecule has 7 nitrogen and oxygen atoms in total. The number of amides is 1. The molecule has 2 aromatic heterocycles. The molecule has 2 aliphatic rings. The lowest BCUT2D eigenvalue weighted by molar-refractivity contribution is 0.00434. The molecule has 2 fully saturated rings. The quantitative estimate of drug-likeness (QED) is 0.395. The maximum absolute atomic E-state index is 13.3. The summed E-state index contributed by atoms with van der Waals surface area (Å²) in [6, 6.07) is 6.50. The van der Waals surface area contributed by atoms with Crippen LogP contribution in [0.5, 0.6) is 0 Å². The number of hydrogen-bond acceptors (Lipinski definition) is 7. The number of aromatic nitrogens is 1. The highest BCUT2D eigenvalue weighted by Crippen LogP contribution is 2.34. The molecule has 1 amide bonds. The van der Waals surface area contributed by atoms with Gasteiger partial charge in [-0.05, 0) is 80.5 Å². The fourth-order valence-corrected chi connectivity index (χ4v) is 6.79. The topological polar surface area (TPSA) is 75.5 Å². The van der Waals surface area contributed by atoms with Crippen LogP contribution in [0, 0.1) is 25.2 Å². The number of halogens is 1. The van der Waals surface area contributed by atoms with Gasteiger partial charge in [0.1, 0.15) is 11.0 Å². The number of carbonyl (C=O) groups excluding carboxylic acids is 1. The van der Waals surface area contributed by atoms with Crippen LogP contribution in [-0.2, 0) is 6.54 Å². The Bertz CT molecular complexity index is 1130.